The molecule has 2 aliphatic rings. The van der Waals surface area contributed by atoms with E-state index < -0.39 is 0 Å². The topological polar surface area (TPSA) is 9.23 Å². The molecule has 1 aliphatic heterocycles. The molecule has 0 radical (unpaired) electrons. The van der Waals surface area contributed by atoms with E-state index in [9.17, 15) is 0 Å². The maximum absolute atomic E-state index is 5.61. The van der Waals surface area contributed by atoms with Crippen molar-refractivity contribution < 1.29 is 4.74 Å². The van der Waals surface area contributed by atoms with Gasteiger partial charge in [0.1, 0.15) is 0 Å². The van der Waals surface area contributed by atoms with Crippen molar-refractivity contribution in [3.05, 3.63) is 11.8 Å². The lowest BCUT2D eigenvalue weighted by Gasteiger charge is -2.07. The fraction of sp³-hybridized carbons (Fsp3) is 0.846. The molecule has 1 atom stereocenters. The van der Waals surface area contributed by atoms with Crippen molar-refractivity contribution >= 4 is 11.8 Å². The van der Waals surface area contributed by atoms with Gasteiger partial charge in [0.25, 0.3) is 0 Å². The van der Waals surface area contributed by atoms with Crippen molar-refractivity contribution in [3.8, 4) is 0 Å². The van der Waals surface area contributed by atoms with Gasteiger partial charge in [-0.3, -0.25) is 0 Å². The summed E-state index contributed by atoms with van der Waals surface area (Å²) >= 11 is 2.15. The van der Waals surface area contributed by atoms with E-state index in [2.05, 4.69) is 11.8 Å². The first kappa shape index (κ1) is 11.4. The van der Waals surface area contributed by atoms with Crippen LogP contribution in [0.2, 0.25) is 0 Å². The van der Waals surface area contributed by atoms with E-state index in [1.54, 1.807) is 0 Å². The minimum absolute atomic E-state index is 0.931. The van der Waals surface area contributed by atoms with Crippen LogP contribution >= 0.6 is 11.8 Å². The van der Waals surface area contributed by atoms with Crippen molar-refractivity contribution in [2.75, 3.05) is 12.4 Å². The molecule has 2 heteroatoms. The Bertz CT molecular complexity index is 199. The van der Waals surface area contributed by atoms with Crippen LogP contribution in [0.4, 0.5) is 0 Å². The van der Waals surface area contributed by atoms with Gasteiger partial charge in [-0.2, -0.15) is 11.8 Å². The highest BCUT2D eigenvalue weighted by Gasteiger charge is 2.14. The minimum atomic E-state index is 0.931. The molecular weight excluding hydrogens is 204 g/mol. The summed E-state index contributed by atoms with van der Waals surface area (Å²) in [6.07, 6.45) is 12.8. The third kappa shape index (κ3) is 4.10. The third-order valence-electron chi connectivity index (χ3n) is 3.31. The van der Waals surface area contributed by atoms with Gasteiger partial charge in [0.15, 0.2) is 0 Å². The van der Waals surface area contributed by atoms with Gasteiger partial charge in [-0.25, -0.2) is 0 Å². The van der Waals surface area contributed by atoms with Crippen molar-refractivity contribution in [2.45, 2.75) is 56.6 Å². The van der Waals surface area contributed by atoms with Gasteiger partial charge < -0.3 is 4.74 Å². The molecule has 1 heterocycles. The molecule has 1 saturated heterocycles. The predicted octanol–water partition coefficient (Wildman–Crippen LogP) is 4.14. The number of hydrogen-bond acceptors (Lipinski definition) is 2. The van der Waals surface area contributed by atoms with E-state index in [0.717, 1.165) is 11.9 Å². The number of rotatable bonds is 5. The Labute approximate surface area is 97.7 Å². The summed E-state index contributed by atoms with van der Waals surface area (Å²) in [6, 6.07) is 0. The van der Waals surface area contributed by atoms with E-state index in [1.165, 1.54) is 62.7 Å². The maximum Gasteiger partial charge on any atom is 0.0873 e. The third-order valence-corrected chi connectivity index (χ3v) is 4.78. The molecule has 0 aromatic carbocycles. The fourth-order valence-corrected chi connectivity index (χ4v) is 3.72. The van der Waals surface area contributed by atoms with Crippen LogP contribution < -0.4 is 0 Å². The van der Waals surface area contributed by atoms with Crippen molar-refractivity contribution in [2.24, 2.45) is 0 Å². The summed E-state index contributed by atoms with van der Waals surface area (Å²) in [6.45, 7) is 0.931. The molecule has 0 spiro atoms. The van der Waals surface area contributed by atoms with Gasteiger partial charge in [-0.15, -0.1) is 0 Å². The molecule has 1 saturated carbocycles. The first-order chi connectivity index (χ1) is 7.45. The standard InChI is InChI=1S/C13H22OS/c1-2-6-12(5-1)11-14-9-3-7-13-8-4-10-15-13/h11,13H,1-10H2. The highest BCUT2D eigenvalue weighted by atomic mass is 32.2. The Balaban J connectivity index is 1.49. The second-order valence-corrected chi connectivity index (χ2v) is 6.04. The van der Waals surface area contributed by atoms with Crippen LogP contribution in [0, 0.1) is 0 Å². The molecule has 86 valence electrons. The monoisotopic (exact) mass is 226 g/mol. The second kappa shape index (κ2) is 6.47. The highest BCUT2D eigenvalue weighted by Crippen LogP contribution is 2.29. The lowest BCUT2D eigenvalue weighted by atomic mass is 10.2. The molecule has 1 nitrogen and oxygen atoms in total. The van der Waals surface area contributed by atoms with Crippen LogP contribution in [0.25, 0.3) is 0 Å². The van der Waals surface area contributed by atoms with Gasteiger partial charge in [0.2, 0.25) is 0 Å². The van der Waals surface area contributed by atoms with E-state index in [0.29, 0.717) is 0 Å². The number of allylic oxidation sites excluding steroid dienone is 1. The summed E-state index contributed by atoms with van der Waals surface area (Å²) in [5, 5.41) is 0.938. The summed E-state index contributed by atoms with van der Waals surface area (Å²) in [5.74, 6) is 1.38. The molecule has 1 aliphatic carbocycles. The van der Waals surface area contributed by atoms with Gasteiger partial charge in [0, 0.05) is 5.25 Å². The quantitative estimate of drug-likeness (QED) is 0.515. The summed E-state index contributed by atoms with van der Waals surface area (Å²) < 4.78 is 5.61. The maximum atomic E-state index is 5.61. The van der Waals surface area contributed by atoms with Crippen LogP contribution in [0.3, 0.4) is 0 Å². The van der Waals surface area contributed by atoms with E-state index in [1.807, 2.05) is 6.26 Å². The Kier molecular flexibility index (Phi) is 4.91. The molecule has 2 rings (SSSR count). The zero-order valence-corrected chi connectivity index (χ0v) is 10.4. The lowest BCUT2D eigenvalue weighted by molar-refractivity contribution is 0.238. The summed E-state index contributed by atoms with van der Waals surface area (Å²) in [5.41, 5.74) is 1.53. The highest BCUT2D eigenvalue weighted by molar-refractivity contribution is 8.00. The average Bonchev–Trinajstić information content (AvgIpc) is 2.88. The smallest absolute Gasteiger partial charge is 0.0873 e. The van der Waals surface area contributed by atoms with Crippen molar-refractivity contribution in [1.82, 2.24) is 0 Å². The molecular formula is C13H22OS. The van der Waals surface area contributed by atoms with Gasteiger partial charge in [-0.1, -0.05) is 0 Å². The SMILES string of the molecule is C(OCCCC1CCCS1)=C1CCCC1. The van der Waals surface area contributed by atoms with Crippen LogP contribution in [0.15, 0.2) is 11.8 Å². The normalized spacial score (nSPS) is 25.9. The first-order valence-corrected chi connectivity index (χ1v) is 7.41. The fourth-order valence-electron chi connectivity index (χ4n) is 2.39. The molecule has 0 amide bonds. The van der Waals surface area contributed by atoms with E-state index in [4.69, 9.17) is 4.74 Å². The largest absolute Gasteiger partial charge is 0.501 e. The Hall–Kier alpha value is -0.110. The summed E-state index contributed by atoms with van der Waals surface area (Å²) in [7, 11) is 0. The average molecular weight is 226 g/mol. The molecule has 0 aromatic heterocycles. The van der Waals surface area contributed by atoms with Crippen molar-refractivity contribution in [1.29, 1.82) is 0 Å². The zero-order valence-electron chi connectivity index (χ0n) is 9.54. The Morgan fingerprint density at radius 1 is 1.27 bits per heavy atom. The van der Waals surface area contributed by atoms with Gasteiger partial charge in [-0.05, 0) is 62.7 Å². The van der Waals surface area contributed by atoms with E-state index in [-0.39, 0.29) is 0 Å². The Morgan fingerprint density at radius 3 is 2.87 bits per heavy atom. The van der Waals surface area contributed by atoms with Crippen LogP contribution in [0.1, 0.15) is 51.4 Å². The Morgan fingerprint density at radius 2 is 2.13 bits per heavy atom. The lowest BCUT2D eigenvalue weighted by Crippen LogP contribution is -1.99. The number of hydrogen-bond donors (Lipinski definition) is 0. The summed E-state index contributed by atoms with van der Waals surface area (Å²) in [4.78, 5) is 0. The van der Waals surface area contributed by atoms with Crippen molar-refractivity contribution in [3.63, 3.8) is 0 Å². The molecule has 1 unspecified atom stereocenters. The first-order valence-electron chi connectivity index (χ1n) is 6.36. The molecule has 2 fully saturated rings. The molecule has 15 heavy (non-hydrogen) atoms. The number of thioether (sulfide) groups is 1. The zero-order chi connectivity index (χ0) is 10.3. The van der Waals surface area contributed by atoms with Crippen LogP contribution in [0.5, 0.6) is 0 Å². The van der Waals surface area contributed by atoms with E-state index >= 15 is 0 Å². The second-order valence-electron chi connectivity index (χ2n) is 4.63. The van der Waals surface area contributed by atoms with Gasteiger partial charge in [0.05, 0.1) is 12.9 Å². The molecule has 0 N–H and O–H groups in total. The molecule has 0 bridgehead atoms. The predicted molar refractivity (Wildman–Crippen MR) is 67.2 cm³/mol. The van der Waals surface area contributed by atoms with Gasteiger partial charge >= 0.3 is 0 Å². The number of ether oxygens (including phenoxy) is 1. The van der Waals surface area contributed by atoms with Crippen LogP contribution in [-0.4, -0.2) is 17.6 Å². The minimum Gasteiger partial charge on any atom is -0.501 e. The van der Waals surface area contributed by atoms with Crippen LogP contribution in [-0.2, 0) is 4.74 Å². The molecule has 0 aromatic rings.